The minimum atomic E-state index is -0.312. The van der Waals surface area contributed by atoms with Crippen molar-refractivity contribution in [2.24, 2.45) is 10.8 Å². The van der Waals surface area contributed by atoms with Gasteiger partial charge in [-0.1, -0.05) is 20.8 Å². The molecule has 0 aromatic heterocycles. The maximum absolute atomic E-state index is 3.82. The molecule has 0 unspecified atom stereocenters. The van der Waals surface area contributed by atoms with Crippen LogP contribution in [-0.2, 0) is 98.1 Å². The van der Waals surface area contributed by atoms with Gasteiger partial charge in [-0.2, -0.15) is 0 Å². The van der Waals surface area contributed by atoms with Crippen LogP contribution in [0.15, 0.2) is 0 Å². The molecular formula is C8H15Y3-3. The largest absolute Gasteiger partial charge is 0.429 e. The average Bonchev–Trinajstić information content (AvgIpc) is 1.25. The molecule has 0 bridgehead atoms. The molecule has 0 N–H and O–H groups in total. The van der Waals surface area contributed by atoms with Crippen LogP contribution in [0.2, 0.25) is 0 Å². The van der Waals surface area contributed by atoms with E-state index in [4.69, 9.17) is 0 Å². The van der Waals surface area contributed by atoms with Gasteiger partial charge < -0.3 is 26.2 Å². The quantitative estimate of drug-likeness (QED) is 0.569. The molecule has 0 heterocycles. The molecule has 0 rings (SSSR count). The number of hydrogen-bond acceptors (Lipinski definition) is 0. The molecule has 0 aromatic carbocycles. The van der Waals surface area contributed by atoms with Crippen LogP contribution < -0.4 is 0 Å². The summed E-state index contributed by atoms with van der Waals surface area (Å²) in [5, 5.41) is 0. The van der Waals surface area contributed by atoms with Gasteiger partial charge in [-0.3, -0.25) is 0 Å². The van der Waals surface area contributed by atoms with E-state index < -0.39 is 0 Å². The van der Waals surface area contributed by atoms with Crippen molar-refractivity contribution in [2.45, 2.75) is 20.8 Å². The van der Waals surface area contributed by atoms with E-state index in [-0.39, 0.29) is 109 Å². The fourth-order valence-corrected chi connectivity index (χ4v) is 0. The Balaban J connectivity index is -0.0000000817. The molecule has 0 spiro atoms. The van der Waals surface area contributed by atoms with Gasteiger partial charge in [-0.15, -0.1) is 5.41 Å². The molecule has 0 saturated carbocycles. The van der Waals surface area contributed by atoms with Crippen LogP contribution in [0.4, 0.5) is 0 Å². The van der Waals surface area contributed by atoms with Crippen LogP contribution in [-0.4, -0.2) is 0 Å². The Hall–Kier alpha value is 3.31. The zero-order chi connectivity index (χ0) is 7.00. The first kappa shape index (κ1) is 23.9. The van der Waals surface area contributed by atoms with Crippen molar-refractivity contribution in [2.75, 3.05) is 0 Å². The summed E-state index contributed by atoms with van der Waals surface area (Å²) in [7, 11) is 0. The summed E-state index contributed by atoms with van der Waals surface area (Å²) < 4.78 is 0. The summed E-state index contributed by atoms with van der Waals surface area (Å²) in [4.78, 5) is 0. The zero-order valence-electron chi connectivity index (χ0n) is 7.85. The Kier molecular flexibility index (Phi) is 18.7. The van der Waals surface area contributed by atoms with Crippen LogP contribution in [0.3, 0.4) is 0 Å². The third kappa shape index (κ3) is 11.2. The predicted octanol–water partition coefficient (Wildman–Crippen LogP) is 2.51. The fraction of sp³-hybridized carbons (Fsp3) is 0.625. The molecule has 0 atom stereocenters. The third-order valence-electron chi connectivity index (χ3n) is 1.59. The summed E-state index contributed by atoms with van der Waals surface area (Å²) in [5.41, 5.74) is -0.208. The molecular weight excluding hydrogens is 363 g/mol. The molecule has 0 aliphatic heterocycles. The summed E-state index contributed by atoms with van der Waals surface area (Å²) in [5.74, 6) is 0. The van der Waals surface area contributed by atoms with Gasteiger partial charge in [-0.25, -0.2) is 0 Å². The van der Waals surface area contributed by atoms with Crippen LogP contribution in [0.1, 0.15) is 20.8 Å². The van der Waals surface area contributed by atoms with Crippen molar-refractivity contribution in [3.8, 4) is 0 Å². The SMILES string of the molecule is [CH2-]C([CH2-])([CH2-])C(C)(C)C.[Y].[Y].[Y]. The molecule has 11 heavy (non-hydrogen) atoms. The molecule has 0 aliphatic carbocycles. The fourth-order valence-electron chi connectivity index (χ4n) is 0. The van der Waals surface area contributed by atoms with Crippen molar-refractivity contribution in [3.63, 3.8) is 0 Å². The molecule has 0 aromatic rings. The second-order valence-electron chi connectivity index (χ2n) is 3.53. The van der Waals surface area contributed by atoms with Crippen molar-refractivity contribution < 1.29 is 98.1 Å². The molecule has 0 fully saturated rings. The Morgan fingerprint density at radius 2 is 0.818 bits per heavy atom. The minimum absolute atomic E-state index is 0. The maximum Gasteiger partial charge on any atom is 0 e. The predicted molar refractivity (Wildman–Crippen MR) is 38.0 cm³/mol. The summed E-state index contributed by atoms with van der Waals surface area (Å²) in [6, 6.07) is 0. The minimum Gasteiger partial charge on any atom is -0.429 e. The number of hydrogen-bond donors (Lipinski definition) is 0. The molecule has 0 nitrogen and oxygen atoms in total. The summed E-state index contributed by atoms with van der Waals surface area (Å²) in [6.45, 7) is 17.7. The molecule has 0 aliphatic rings. The van der Waals surface area contributed by atoms with E-state index in [1.165, 1.54) is 0 Å². The van der Waals surface area contributed by atoms with Crippen molar-refractivity contribution in [3.05, 3.63) is 20.8 Å². The Bertz CT molecular complexity index is 64.3. The first-order valence-corrected chi connectivity index (χ1v) is 2.81. The Morgan fingerprint density at radius 3 is 0.818 bits per heavy atom. The standard InChI is InChI=1S/C8H15.3Y/c1-7(2,3)8(4,5)6;;;/h1-3H2,4-6H3;;;/q-3;;;. The smallest absolute Gasteiger partial charge is 0 e. The normalized spacial score (nSPS) is 10.4. The molecule has 3 heteroatoms. The summed E-state index contributed by atoms with van der Waals surface area (Å²) in [6.07, 6.45) is 0. The molecule has 0 amide bonds. The second-order valence-corrected chi connectivity index (χ2v) is 3.53. The van der Waals surface area contributed by atoms with Crippen molar-refractivity contribution in [1.82, 2.24) is 0 Å². The maximum atomic E-state index is 3.82. The number of rotatable bonds is 0. The average molecular weight is 378 g/mol. The van der Waals surface area contributed by atoms with Crippen LogP contribution in [0, 0.1) is 31.6 Å². The first-order valence-electron chi connectivity index (χ1n) is 2.81. The zero-order valence-corrected chi connectivity index (χ0v) is 16.4. The van der Waals surface area contributed by atoms with Gasteiger partial charge in [0.05, 0.1) is 0 Å². The second kappa shape index (κ2) is 8.61. The summed E-state index contributed by atoms with van der Waals surface area (Å²) >= 11 is 0. The van der Waals surface area contributed by atoms with E-state index in [9.17, 15) is 0 Å². The van der Waals surface area contributed by atoms with Crippen LogP contribution >= 0.6 is 0 Å². The molecule has 0 saturated heterocycles. The van der Waals surface area contributed by atoms with Crippen LogP contribution in [0.5, 0.6) is 0 Å². The van der Waals surface area contributed by atoms with Crippen LogP contribution in [0.25, 0.3) is 0 Å². The van der Waals surface area contributed by atoms with Crippen molar-refractivity contribution >= 4 is 0 Å². The first-order chi connectivity index (χ1) is 3.25. The molecule has 59 valence electrons. The van der Waals surface area contributed by atoms with E-state index in [1.807, 2.05) is 0 Å². The monoisotopic (exact) mass is 378 g/mol. The van der Waals surface area contributed by atoms with Gasteiger partial charge in [0.1, 0.15) is 0 Å². The Labute approximate surface area is 147 Å². The van der Waals surface area contributed by atoms with Gasteiger partial charge >= 0.3 is 0 Å². The topological polar surface area (TPSA) is 0 Å². The van der Waals surface area contributed by atoms with E-state index in [0.717, 1.165) is 0 Å². The van der Waals surface area contributed by atoms with Gasteiger partial charge in [0, 0.05) is 98.1 Å². The third-order valence-corrected chi connectivity index (χ3v) is 1.59. The van der Waals surface area contributed by atoms with E-state index in [0.29, 0.717) is 0 Å². The van der Waals surface area contributed by atoms with Gasteiger partial charge in [-0.05, 0) is 0 Å². The van der Waals surface area contributed by atoms with Gasteiger partial charge in [0.15, 0.2) is 0 Å². The van der Waals surface area contributed by atoms with E-state index in [1.54, 1.807) is 0 Å². The van der Waals surface area contributed by atoms with Crippen molar-refractivity contribution in [1.29, 1.82) is 0 Å². The Morgan fingerprint density at radius 1 is 0.727 bits per heavy atom. The van der Waals surface area contributed by atoms with Gasteiger partial charge in [0.2, 0.25) is 0 Å². The molecule has 3 radical (unpaired) electrons. The van der Waals surface area contributed by atoms with Gasteiger partial charge in [0.25, 0.3) is 0 Å². The van der Waals surface area contributed by atoms with E-state index in [2.05, 4.69) is 41.5 Å². The van der Waals surface area contributed by atoms with E-state index >= 15 is 0 Å².